The molecule has 2 N–H and O–H groups in total. The molecular weight excluding hydrogens is 380 g/mol. The highest BCUT2D eigenvalue weighted by atomic mass is 35.5. The van der Waals surface area contributed by atoms with Crippen LogP contribution in [0.2, 0.25) is 5.02 Å². The zero-order valence-electron chi connectivity index (χ0n) is 16.3. The van der Waals surface area contributed by atoms with Crippen LogP contribution in [0.25, 0.3) is 0 Å². The number of para-hydroxylation sites is 1. The number of amides is 2. The fraction of sp³-hybridized carbons (Fsp3) is 0.600. The fourth-order valence-electron chi connectivity index (χ4n) is 3.60. The van der Waals surface area contributed by atoms with Crippen LogP contribution in [-0.4, -0.2) is 79.6 Å². The largest absolute Gasteiger partial charge is 0.376 e. The van der Waals surface area contributed by atoms with Gasteiger partial charge in [0.05, 0.1) is 29.4 Å². The Morgan fingerprint density at radius 2 is 2.00 bits per heavy atom. The summed E-state index contributed by atoms with van der Waals surface area (Å²) in [6, 6.07) is 7.03. The van der Waals surface area contributed by atoms with Crippen LogP contribution >= 0.6 is 11.6 Å². The Kier molecular flexibility index (Phi) is 7.67. The molecule has 2 saturated heterocycles. The lowest BCUT2D eigenvalue weighted by molar-refractivity contribution is -0.127. The van der Waals surface area contributed by atoms with Crippen molar-refractivity contribution in [3.05, 3.63) is 29.3 Å². The molecule has 2 unspecified atom stereocenters. The molecule has 2 atom stereocenters. The Morgan fingerprint density at radius 3 is 2.68 bits per heavy atom. The summed E-state index contributed by atoms with van der Waals surface area (Å²) in [5.74, 6) is -0.0377. The molecule has 7 nitrogen and oxygen atoms in total. The second-order valence-corrected chi connectivity index (χ2v) is 7.80. The lowest BCUT2D eigenvalue weighted by Crippen LogP contribution is -2.55. The molecule has 1 aromatic rings. The quantitative estimate of drug-likeness (QED) is 0.716. The van der Waals surface area contributed by atoms with Crippen molar-refractivity contribution in [3.8, 4) is 0 Å². The molecule has 2 aliphatic heterocycles. The average molecular weight is 409 g/mol. The smallest absolute Gasteiger partial charge is 0.238 e. The number of hydrogen-bond donors (Lipinski definition) is 2. The number of piperazine rings is 1. The molecular formula is C20H29ClN4O3. The van der Waals surface area contributed by atoms with Gasteiger partial charge in [0, 0.05) is 39.3 Å². The maximum atomic E-state index is 12.4. The van der Waals surface area contributed by atoms with E-state index in [1.165, 1.54) is 0 Å². The van der Waals surface area contributed by atoms with Crippen LogP contribution in [0.15, 0.2) is 24.3 Å². The lowest BCUT2D eigenvalue weighted by Gasteiger charge is -2.37. The normalized spacial score (nSPS) is 22.0. The van der Waals surface area contributed by atoms with E-state index in [0.29, 0.717) is 23.8 Å². The third kappa shape index (κ3) is 5.91. The summed E-state index contributed by atoms with van der Waals surface area (Å²) in [5, 5.41) is 6.38. The van der Waals surface area contributed by atoms with E-state index in [9.17, 15) is 9.59 Å². The summed E-state index contributed by atoms with van der Waals surface area (Å²) in [6.07, 6.45) is 2.25. The fourth-order valence-corrected chi connectivity index (χ4v) is 3.78. The van der Waals surface area contributed by atoms with Gasteiger partial charge in [-0.05, 0) is 31.9 Å². The second-order valence-electron chi connectivity index (χ2n) is 7.40. The maximum Gasteiger partial charge on any atom is 0.238 e. The Labute approximate surface area is 171 Å². The molecule has 0 bridgehead atoms. The molecule has 2 aliphatic rings. The van der Waals surface area contributed by atoms with Crippen LogP contribution in [-0.2, 0) is 14.3 Å². The topological polar surface area (TPSA) is 73.9 Å². The summed E-state index contributed by atoms with van der Waals surface area (Å²) < 4.78 is 5.55. The van der Waals surface area contributed by atoms with E-state index in [4.69, 9.17) is 16.3 Å². The first-order valence-electron chi connectivity index (χ1n) is 9.93. The zero-order valence-corrected chi connectivity index (χ0v) is 17.1. The Hall–Kier alpha value is -1.67. The number of carbonyl (C=O) groups excluding carboxylic acids is 2. The van der Waals surface area contributed by atoms with Crippen molar-refractivity contribution < 1.29 is 14.3 Å². The lowest BCUT2D eigenvalue weighted by atomic mass is 10.2. The zero-order chi connectivity index (χ0) is 19.9. The van der Waals surface area contributed by atoms with Crippen LogP contribution in [0.1, 0.15) is 19.8 Å². The van der Waals surface area contributed by atoms with Gasteiger partial charge in [0.25, 0.3) is 0 Å². The van der Waals surface area contributed by atoms with Gasteiger partial charge in [0.15, 0.2) is 0 Å². The van der Waals surface area contributed by atoms with Crippen LogP contribution in [0.5, 0.6) is 0 Å². The van der Waals surface area contributed by atoms with Crippen molar-refractivity contribution in [2.45, 2.75) is 31.9 Å². The van der Waals surface area contributed by atoms with E-state index in [2.05, 4.69) is 20.4 Å². The van der Waals surface area contributed by atoms with Crippen LogP contribution in [0.3, 0.4) is 0 Å². The van der Waals surface area contributed by atoms with E-state index < -0.39 is 0 Å². The van der Waals surface area contributed by atoms with Gasteiger partial charge in [-0.1, -0.05) is 23.7 Å². The number of anilines is 1. The minimum Gasteiger partial charge on any atom is -0.376 e. The highest BCUT2D eigenvalue weighted by Crippen LogP contribution is 2.20. The molecule has 0 aliphatic carbocycles. The number of rotatable bonds is 7. The molecule has 0 radical (unpaired) electrons. The predicted molar refractivity (Wildman–Crippen MR) is 110 cm³/mol. The van der Waals surface area contributed by atoms with E-state index in [0.717, 1.165) is 45.6 Å². The van der Waals surface area contributed by atoms with Gasteiger partial charge in [0.1, 0.15) is 0 Å². The molecule has 3 rings (SSSR count). The van der Waals surface area contributed by atoms with Crippen molar-refractivity contribution in [1.82, 2.24) is 15.1 Å². The molecule has 8 heteroatoms. The van der Waals surface area contributed by atoms with E-state index in [-0.39, 0.29) is 24.0 Å². The molecule has 2 heterocycles. The number of hydrogen-bond acceptors (Lipinski definition) is 5. The number of nitrogens with zero attached hydrogens (tertiary/aromatic N) is 2. The summed E-state index contributed by atoms with van der Waals surface area (Å²) >= 11 is 6.08. The predicted octanol–water partition coefficient (Wildman–Crippen LogP) is 1.58. The molecule has 154 valence electrons. The number of benzene rings is 1. The standard InChI is InChI=1S/C20H29ClN4O3/c1-15(20(27)22-13-16-5-4-12-28-16)25-10-8-24(9-11-25)14-19(26)23-18-7-3-2-6-17(18)21/h2-3,6-7,15-16H,4-5,8-14H2,1H3,(H,22,27)(H,23,26). The monoisotopic (exact) mass is 408 g/mol. The highest BCUT2D eigenvalue weighted by Gasteiger charge is 2.27. The third-order valence-electron chi connectivity index (χ3n) is 5.38. The van der Waals surface area contributed by atoms with E-state index in [1.54, 1.807) is 12.1 Å². The molecule has 28 heavy (non-hydrogen) atoms. The van der Waals surface area contributed by atoms with Crippen LogP contribution in [0, 0.1) is 0 Å². The SMILES string of the molecule is CC(C(=O)NCC1CCCO1)N1CCN(CC(=O)Nc2ccccc2Cl)CC1. The Balaban J connectivity index is 1.38. The second kappa shape index (κ2) is 10.2. The number of ether oxygens (including phenoxy) is 1. The average Bonchev–Trinajstić information content (AvgIpc) is 3.21. The molecule has 0 spiro atoms. The van der Waals surface area contributed by atoms with Crippen molar-refractivity contribution in [1.29, 1.82) is 0 Å². The number of halogens is 1. The number of nitrogens with one attached hydrogen (secondary N) is 2. The first kappa shape index (κ1) is 21.0. The molecule has 0 saturated carbocycles. The van der Waals surface area contributed by atoms with Gasteiger partial charge < -0.3 is 15.4 Å². The van der Waals surface area contributed by atoms with Gasteiger partial charge >= 0.3 is 0 Å². The summed E-state index contributed by atoms with van der Waals surface area (Å²) in [4.78, 5) is 28.9. The third-order valence-corrected chi connectivity index (χ3v) is 5.71. The van der Waals surface area contributed by atoms with E-state index in [1.807, 2.05) is 19.1 Å². The molecule has 0 aromatic heterocycles. The Morgan fingerprint density at radius 1 is 1.25 bits per heavy atom. The molecule has 2 amide bonds. The van der Waals surface area contributed by atoms with Crippen LogP contribution < -0.4 is 10.6 Å². The maximum absolute atomic E-state index is 12.4. The van der Waals surface area contributed by atoms with Crippen molar-refractivity contribution >= 4 is 29.1 Å². The first-order valence-corrected chi connectivity index (χ1v) is 10.3. The van der Waals surface area contributed by atoms with Gasteiger partial charge in [-0.25, -0.2) is 0 Å². The molecule has 1 aromatic carbocycles. The van der Waals surface area contributed by atoms with Gasteiger partial charge in [0.2, 0.25) is 11.8 Å². The van der Waals surface area contributed by atoms with E-state index >= 15 is 0 Å². The van der Waals surface area contributed by atoms with Crippen molar-refractivity contribution in [2.24, 2.45) is 0 Å². The van der Waals surface area contributed by atoms with Gasteiger partial charge in [-0.3, -0.25) is 19.4 Å². The van der Waals surface area contributed by atoms with Gasteiger partial charge in [-0.15, -0.1) is 0 Å². The number of carbonyl (C=O) groups is 2. The summed E-state index contributed by atoms with van der Waals surface area (Å²) in [7, 11) is 0. The highest BCUT2D eigenvalue weighted by molar-refractivity contribution is 6.33. The minimum atomic E-state index is -0.180. The molecule has 2 fully saturated rings. The Bertz CT molecular complexity index is 673. The van der Waals surface area contributed by atoms with Crippen LogP contribution in [0.4, 0.5) is 5.69 Å². The van der Waals surface area contributed by atoms with Crippen molar-refractivity contribution in [3.63, 3.8) is 0 Å². The minimum absolute atomic E-state index is 0.0420. The summed E-state index contributed by atoms with van der Waals surface area (Å²) in [6.45, 7) is 6.65. The first-order chi connectivity index (χ1) is 13.5. The van der Waals surface area contributed by atoms with Crippen molar-refractivity contribution in [2.75, 3.05) is 51.2 Å². The summed E-state index contributed by atoms with van der Waals surface area (Å²) in [5.41, 5.74) is 0.629. The van der Waals surface area contributed by atoms with Gasteiger partial charge in [-0.2, -0.15) is 0 Å².